The standard InChI is InChI=1S/C9H14O2/c1-6-3-7(2)5-8(4-6)9(10)11/h3-4,7,9-11H,5H2,1-2H3. The molecule has 62 valence electrons. The second kappa shape index (κ2) is 3.20. The van der Waals surface area contributed by atoms with E-state index >= 15 is 0 Å². The summed E-state index contributed by atoms with van der Waals surface area (Å²) in [7, 11) is 0. The average molecular weight is 154 g/mol. The van der Waals surface area contributed by atoms with Crippen LogP contribution in [0.4, 0.5) is 0 Å². The Morgan fingerprint density at radius 2 is 2.18 bits per heavy atom. The Hall–Kier alpha value is -0.600. The summed E-state index contributed by atoms with van der Waals surface area (Å²) in [6.07, 6.45) is 3.45. The first-order chi connectivity index (χ1) is 5.09. The Labute approximate surface area is 66.9 Å². The first kappa shape index (κ1) is 8.50. The van der Waals surface area contributed by atoms with Crippen LogP contribution in [0, 0.1) is 5.92 Å². The quantitative estimate of drug-likeness (QED) is 0.557. The fourth-order valence-corrected chi connectivity index (χ4v) is 1.46. The molecule has 0 heterocycles. The van der Waals surface area contributed by atoms with Gasteiger partial charge in [0.2, 0.25) is 0 Å². The molecule has 0 fully saturated rings. The number of hydrogen-bond donors (Lipinski definition) is 2. The van der Waals surface area contributed by atoms with Crippen molar-refractivity contribution < 1.29 is 10.2 Å². The molecule has 0 aromatic carbocycles. The summed E-state index contributed by atoms with van der Waals surface area (Å²) >= 11 is 0. The molecule has 0 aliphatic heterocycles. The molecule has 0 amide bonds. The van der Waals surface area contributed by atoms with E-state index in [2.05, 4.69) is 13.0 Å². The number of hydrogen-bond acceptors (Lipinski definition) is 2. The molecule has 2 N–H and O–H groups in total. The topological polar surface area (TPSA) is 40.5 Å². The Morgan fingerprint density at radius 3 is 2.64 bits per heavy atom. The van der Waals surface area contributed by atoms with E-state index in [0.717, 1.165) is 17.6 Å². The van der Waals surface area contributed by atoms with Crippen LogP contribution in [0.3, 0.4) is 0 Å². The molecule has 1 unspecified atom stereocenters. The fraction of sp³-hybridized carbons (Fsp3) is 0.556. The molecule has 2 heteroatoms. The monoisotopic (exact) mass is 154 g/mol. The smallest absolute Gasteiger partial charge is 0.174 e. The van der Waals surface area contributed by atoms with Crippen LogP contribution in [-0.2, 0) is 0 Å². The van der Waals surface area contributed by atoms with E-state index in [9.17, 15) is 0 Å². The molecule has 1 rings (SSSR count). The van der Waals surface area contributed by atoms with Crippen LogP contribution in [0.25, 0.3) is 0 Å². The third-order valence-corrected chi connectivity index (χ3v) is 1.85. The van der Waals surface area contributed by atoms with Crippen molar-refractivity contribution in [3.8, 4) is 0 Å². The second-order valence-corrected chi connectivity index (χ2v) is 3.19. The van der Waals surface area contributed by atoms with Gasteiger partial charge in [-0.3, -0.25) is 0 Å². The van der Waals surface area contributed by atoms with Crippen LogP contribution in [-0.4, -0.2) is 16.5 Å². The molecule has 0 saturated heterocycles. The van der Waals surface area contributed by atoms with E-state index < -0.39 is 6.29 Å². The van der Waals surface area contributed by atoms with Crippen LogP contribution in [0.1, 0.15) is 20.3 Å². The zero-order valence-electron chi connectivity index (χ0n) is 6.91. The summed E-state index contributed by atoms with van der Waals surface area (Å²) in [4.78, 5) is 0. The molecule has 0 aromatic heterocycles. The summed E-state index contributed by atoms with van der Waals surface area (Å²) in [6.45, 7) is 4.04. The van der Waals surface area contributed by atoms with Crippen molar-refractivity contribution in [1.82, 2.24) is 0 Å². The molecular weight excluding hydrogens is 140 g/mol. The third kappa shape index (κ3) is 2.17. The van der Waals surface area contributed by atoms with Gasteiger partial charge in [0.05, 0.1) is 0 Å². The van der Waals surface area contributed by atoms with Gasteiger partial charge in [-0.2, -0.15) is 0 Å². The van der Waals surface area contributed by atoms with Crippen molar-refractivity contribution in [2.45, 2.75) is 26.6 Å². The van der Waals surface area contributed by atoms with Gasteiger partial charge in [0.15, 0.2) is 6.29 Å². The van der Waals surface area contributed by atoms with Crippen molar-refractivity contribution in [3.05, 3.63) is 23.3 Å². The molecule has 11 heavy (non-hydrogen) atoms. The van der Waals surface area contributed by atoms with Crippen molar-refractivity contribution >= 4 is 0 Å². The normalized spacial score (nSPS) is 25.0. The maximum Gasteiger partial charge on any atom is 0.174 e. The lowest BCUT2D eigenvalue weighted by Gasteiger charge is -2.18. The minimum Gasteiger partial charge on any atom is -0.365 e. The first-order valence-corrected chi connectivity index (χ1v) is 3.84. The van der Waals surface area contributed by atoms with Gasteiger partial charge < -0.3 is 10.2 Å². The van der Waals surface area contributed by atoms with Crippen LogP contribution in [0.15, 0.2) is 23.3 Å². The second-order valence-electron chi connectivity index (χ2n) is 3.19. The Morgan fingerprint density at radius 1 is 1.55 bits per heavy atom. The maximum absolute atomic E-state index is 8.87. The molecule has 1 atom stereocenters. The van der Waals surface area contributed by atoms with Crippen molar-refractivity contribution in [1.29, 1.82) is 0 Å². The highest BCUT2D eigenvalue weighted by molar-refractivity contribution is 5.28. The van der Waals surface area contributed by atoms with Gasteiger partial charge in [0, 0.05) is 0 Å². The molecular formula is C9H14O2. The van der Waals surface area contributed by atoms with E-state index in [1.165, 1.54) is 0 Å². The number of allylic oxidation sites excluding steroid dienone is 3. The van der Waals surface area contributed by atoms with Gasteiger partial charge in [-0.1, -0.05) is 24.6 Å². The Kier molecular flexibility index (Phi) is 2.47. The third-order valence-electron chi connectivity index (χ3n) is 1.85. The average Bonchev–Trinajstić information content (AvgIpc) is 1.85. The van der Waals surface area contributed by atoms with Gasteiger partial charge >= 0.3 is 0 Å². The van der Waals surface area contributed by atoms with Gasteiger partial charge in [-0.05, 0) is 24.8 Å². The minimum absolute atomic E-state index is 0.428. The highest BCUT2D eigenvalue weighted by Crippen LogP contribution is 2.23. The molecule has 0 bridgehead atoms. The number of aliphatic hydroxyl groups excluding tert-OH is 1. The predicted molar refractivity (Wildman–Crippen MR) is 43.8 cm³/mol. The SMILES string of the molecule is CC1=CC(C)CC(C(O)O)=C1. The van der Waals surface area contributed by atoms with E-state index in [0.29, 0.717) is 5.92 Å². The predicted octanol–water partition coefficient (Wildman–Crippen LogP) is 1.21. The summed E-state index contributed by atoms with van der Waals surface area (Å²) < 4.78 is 0. The lowest BCUT2D eigenvalue weighted by atomic mass is 9.92. The van der Waals surface area contributed by atoms with Gasteiger partial charge in [-0.25, -0.2) is 0 Å². The Balaban J connectivity index is 2.76. The maximum atomic E-state index is 8.87. The first-order valence-electron chi connectivity index (χ1n) is 3.84. The van der Waals surface area contributed by atoms with Crippen LogP contribution >= 0.6 is 0 Å². The van der Waals surface area contributed by atoms with Gasteiger partial charge in [0.1, 0.15) is 0 Å². The molecule has 0 spiro atoms. The summed E-state index contributed by atoms with van der Waals surface area (Å²) in [5.74, 6) is 0.428. The summed E-state index contributed by atoms with van der Waals surface area (Å²) in [5, 5.41) is 17.7. The molecule has 2 nitrogen and oxygen atoms in total. The highest BCUT2D eigenvalue weighted by Gasteiger charge is 2.13. The number of aliphatic hydroxyl groups is 2. The van der Waals surface area contributed by atoms with E-state index in [1.54, 1.807) is 0 Å². The minimum atomic E-state index is -1.28. The molecule has 1 aliphatic carbocycles. The largest absolute Gasteiger partial charge is 0.365 e. The molecule has 0 aromatic rings. The van der Waals surface area contributed by atoms with E-state index in [-0.39, 0.29) is 0 Å². The Bertz CT molecular complexity index is 202. The van der Waals surface area contributed by atoms with Crippen molar-refractivity contribution in [2.75, 3.05) is 0 Å². The zero-order valence-corrected chi connectivity index (χ0v) is 6.91. The van der Waals surface area contributed by atoms with Gasteiger partial charge in [0.25, 0.3) is 0 Å². The van der Waals surface area contributed by atoms with E-state index in [1.807, 2.05) is 13.0 Å². The highest BCUT2D eigenvalue weighted by atomic mass is 16.5. The summed E-state index contributed by atoms with van der Waals surface area (Å²) in [6, 6.07) is 0. The zero-order chi connectivity index (χ0) is 8.43. The number of rotatable bonds is 1. The molecule has 0 saturated carbocycles. The van der Waals surface area contributed by atoms with E-state index in [4.69, 9.17) is 10.2 Å². The summed E-state index contributed by atoms with van der Waals surface area (Å²) in [5.41, 5.74) is 1.84. The van der Waals surface area contributed by atoms with Crippen LogP contribution in [0.5, 0.6) is 0 Å². The van der Waals surface area contributed by atoms with Crippen LogP contribution in [0.2, 0.25) is 0 Å². The molecule has 1 aliphatic rings. The van der Waals surface area contributed by atoms with Crippen molar-refractivity contribution in [2.24, 2.45) is 5.92 Å². The lowest BCUT2D eigenvalue weighted by molar-refractivity contribution is -0.0114. The van der Waals surface area contributed by atoms with Crippen molar-refractivity contribution in [3.63, 3.8) is 0 Å². The van der Waals surface area contributed by atoms with Crippen LogP contribution < -0.4 is 0 Å². The van der Waals surface area contributed by atoms with Gasteiger partial charge in [-0.15, -0.1) is 0 Å². The molecule has 0 radical (unpaired) electrons. The lowest BCUT2D eigenvalue weighted by Crippen LogP contribution is -2.13. The fourth-order valence-electron chi connectivity index (χ4n) is 1.46.